The molecule has 0 aromatic heterocycles. The summed E-state index contributed by atoms with van der Waals surface area (Å²) in [6, 6.07) is 2.53. The van der Waals surface area contributed by atoms with Crippen LogP contribution in [-0.4, -0.2) is 44.6 Å². The van der Waals surface area contributed by atoms with Crippen LogP contribution in [0.2, 0.25) is 5.02 Å². The fourth-order valence-electron chi connectivity index (χ4n) is 1.44. The molecule has 5 nitrogen and oxygen atoms in total. The Bertz CT molecular complexity index is 613. The molecule has 21 heavy (non-hydrogen) atoms. The lowest BCUT2D eigenvalue weighted by molar-refractivity contribution is -0.141. The van der Waals surface area contributed by atoms with Crippen molar-refractivity contribution in [1.29, 1.82) is 0 Å². The van der Waals surface area contributed by atoms with Crippen molar-refractivity contribution >= 4 is 27.6 Å². The van der Waals surface area contributed by atoms with Gasteiger partial charge in [0, 0.05) is 0 Å². The summed E-state index contributed by atoms with van der Waals surface area (Å²) in [7, 11) is -4.51. The lowest BCUT2D eigenvalue weighted by atomic mass is 10.1. The predicted octanol–water partition coefficient (Wildman–Crippen LogP) is 1.72. The maximum Gasteiger partial charge on any atom is 0.324 e. The van der Waals surface area contributed by atoms with Crippen molar-refractivity contribution < 1.29 is 31.5 Å². The first-order valence-corrected chi connectivity index (χ1v) is 7.40. The molecule has 0 bridgehead atoms. The summed E-state index contributed by atoms with van der Waals surface area (Å²) in [5.41, 5.74) is 0. The van der Waals surface area contributed by atoms with Gasteiger partial charge in [0.2, 0.25) is 10.0 Å². The number of carboxylic acid groups (broad SMARTS) is 1. The number of rotatable bonds is 7. The van der Waals surface area contributed by atoms with Crippen molar-refractivity contribution in [2.75, 3.05) is 6.67 Å². The number of aliphatic carboxylic acids is 1. The van der Waals surface area contributed by atoms with Crippen LogP contribution >= 0.6 is 11.6 Å². The molecule has 0 saturated carbocycles. The van der Waals surface area contributed by atoms with Crippen molar-refractivity contribution in [3.05, 3.63) is 29.3 Å². The van der Waals surface area contributed by atoms with Gasteiger partial charge in [0.05, 0.1) is 5.02 Å². The van der Waals surface area contributed by atoms with Crippen molar-refractivity contribution in [1.82, 2.24) is 4.72 Å². The topological polar surface area (TPSA) is 83.5 Å². The Kier molecular flexibility index (Phi) is 5.99. The Morgan fingerprint density at radius 2 is 1.90 bits per heavy atom. The minimum absolute atomic E-state index is 0.230. The van der Waals surface area contributed by atoms with E-state index in [1.165, 1.54) is 22.9 Å². The van der Waals surface area contributed by atoms with Gasteiger partial charge in [-0.1, -0.05) is 23.7 Å². The van der Waals surface area contributed by atoms with Gasteiger partial charge in [-0.25, -0.2) is 21.6 Å². The van der Waals surface area contributed by atoms with Gasteiger partial charge in [-0.05, 0) is 12.1 Å². The normalized spacial score (nSPS) is 16.2. The maximum absolute atomic E-state index is 13.5. The molecule has 3 atom stereocenters. The van der Waals surface area contributed by atoms with E-state index in [9.17, 15) is 26.4 Å². The van der Waals surface area contributed by atoms with E-state index in [0.29, 0.717) is 0 Å². The van der Waals surface area contributed by atoms with Crippen molar-refractivity contribution in [2.24, 2.45) is 0 Å². The van der Waals surface area contributed by atoms with Crippen LogP contribution in [0, 0.1) is 0 Å². The van der Waals surface area contributed by atoms with Gasteiger partial charge in [-0.3, -0.25) is 4.79 Å². The van der Waals surface area contributed by atoms with Gasteiger partial charge in [0.1, 0.15) is 11.6 Å². The summed E-state index contributed by atoms with van der Waals surface area (Å²) in [6.45, 7) is -1.78. The first-order chi connectivity index (χ1) is 9.70. The van der Waals surface area contributed by atoms with E-state index in [1.54, 1.807) is 0 Å². The van der Waals surface area contributed by atoms with E-state index < -0.39 is 45.9 Å². The van der Waals surface area contributed by atoms with E-state index in [2.05, 4.69) is 0 Å². The molecule has 0 aliphatic rings. The smallest absolute Gasteiger partial charge is 0.324 e. The fraction of sp³-hybridized carbons (Fsp3) is 0.364. The second-order valence-corrected chi connectivity index (χ2v) is 6.07. The SMILES string of the molecule is O=C(O)C(NS(=O)(=O)c1ccccc1Cl)C(F)C(F)CF. The number of carboxylic acids is 1. The molecule has 0 aliphatic heterocycles. The van der Waals surface area contributed by atoms with Gasteiger partial charge in [-0.2, -0.15) is 4.72 Å². The standard InChI is InChI=1S/C11H11ClF3NO4S/c12-6-3-1-2-4-8(6)21(19,20)16-10(11(17)18)9(15)7(14)5-13/h1-4,7,9-10,16H,5H2,(H,17,18). The zero-order valence-corrected chi connectivity index (χ0v) is 11.9. The van der Waals surface area contributed by atoms with E-state index in [0.717, 1.165) is 6.07 Å². The second-order valence-electron chi connectivity index (χ2n) is 3.98. The number of halogens is 4. The van der Waals surface area contributed by atoms with Crippen LogP contribution in [0.15, 0.2) is 29.2 Å². The van der Waals surface area contributed by atoms with Gasteiger partial charge < -0.3 is 5.11 Å². The molecular weight excluding hydrogens is 335 g/mol. The molecule has 0 radical (unpaired) electrons. The van der Waals surface area contributed by atoms with Crippen LogP contribution in [0.25, 0.3) is 0 Å². The number of hydrogen-bond donors (Lipinski definition) is 2. The van der Waals surface area contributed by atoms with Crippen molar-refractivity contribution in [3.8, 4) is 0 Å². The average Bonchev–Trinajstić information content (AvgIpc) is 2.43. The minimum Gasteiger partial charge on any atom is -0.480 e. The summed E-state index contributed by atoms with van der Waals surface area (Å²) < 4.78 is 63.9. The highest BCUT2D eigenvalue weighted by atomic mass is 35.5. The lowest BCUT2D eigenvalue weighted by Gasteiger charge is -2.20. The highest BCUT2D eigenvalue weighted by Crippen LogP contribution is 2.21. The summed E-state index contributed by atoms with van der Waals surface area (Å²) in [6.07, 6.45) is -5.65. The summed E-state index contributed by atoms with van der Waals surface area (Å²) >= 11 is 5.65. The monoisotopic (exact) mass is 345 g/mol. The Morgan fingerprint density at radius 1 is 1.33 bits per heavy atom. The summed E-state index contributed by atoms with van der Waals surface area (Å²) in [5, 5.41) is 8.55. The van der Waals surface area contributed by atoms with Crippen LogP contribution in [-0.2, 0) is 14.8 Å². The molecule has 1 rings (SSSR count). The largest absolute Gasteiger partial charge is 0.480 e. The van der Waals surface area contributed by atoms with Gasteiger partial charge >= 0.3 is 5.97 Å². The first-order valence-electron chi connectivity index (χ1n) is 5.54. The van der Waals surface area contributed by atoms with Crippen molar-refractivity contribution in [3.63, 3.8) is 0 Å². The second kappa shape index (κ2) is 7.10. The minimum atomic E-state index is -4.51. The first kappa shape index (κ1) is 17.7. The Hall–Kier alpha value is -1.32. The molecule has 0 spiro atoms. The Labute approximate surface area is 123 Å². The average molecular weight is 346 g/mol. The number of sulfonamides is 1. The zero-order valence-electron chi connectivity index (χ0n) is 10.3. The van der Waals surface area contributed by atoms with E-state index in [-0.39, 0.29) is 5.02 Å². The molecule has 3 unspecified atom stereocenters. The number of nitrogens with one attached hydrogen (secondary N) is 1. The summed E-state index contributed by atoms with van der Waals surface area (Å²) in [4.78, 5) is 10.4. The number of benzene rings is 1. The quantitative estimate of drug-likeness (QED) is 0.788. The highest BCUT2D eigenvalue weighted by molar-refractivity contribution is 7.89. The fourth-order valence-corrected chi connectivity index (χ4v) is 3.15. The zero-order chi connectivity index (χ0) is 16.2. The molecular formula is C11H11ClF3NO4S. The molecule has 0 amide bonds. The number of hydrogen-bond acceptors (Lipinski definition) is 3. The predicted molar refractivity (Wildman–Crippen MR) is 69.0 cm³/mol. The van der Waals surface area contributed by atoms with Gasteiger partial charge in [0.15, 0.2) is 18.4 Å². The molecule has 0 heterocycles. The van der Waals surface area contributed by atoms with E-state index in [4.69, 9.17) is 16.7 Å². The van der Waals surface area contributed by atoms with Crippen LogP contribution in [0.5, 0.6) is 0 Å². The maximum atomic E-state index is 13.5. The Balaban J connectivity index is 3.09. The van der Waals surface area contributed by atoms with Gasteiger partial charge in [-0.15, -0.1) is 0 Å². The van der Waals surface area contributed by atoms with E-state index in [1.807, 2.05) is 0 Å². The summed E-state index contributed by atoms with van der Waals surface area (Å²) in [5.74, 6) is -1.98. The third-order valence-corrected chi connectivity index (χ3v) is 4.43. The molecule has 0 saturated heterocycles. The van der Waals surface area contributed by atoms with Crippen LogP contribution in [0.4, 0.5) is 13.2 Å². The molecule has 0 fully saturated rings. The molecule has 1 aromatic rings. The van der Waals surface area contributed by atoms with Crippen molar-refractivity contribution in [2.45, 2.75) is 23.3 Å². The van der Waals surface area contributed by atoms with Crippen LogP contribution in [0.1, 0.15) is 0 Å². The third kappa shape index (κ3) is 4.32. The lowest BCUT2D eigenvalue weighted by Crippen LogP contribution is -2.50. The third-order valence-electron chi connectivity index (χ3n) is 2.49. The molecule has 1 aromatic carbocycles. The highest BCUT2D eigenvalue weighted by Gasteiger charge is 2.38. The molecule has 2 N–H and O–H groups in total. The molecule has 118 valence electrons. The van der Waals surface area contributed by atoms with E-state index >= 15 is 0 Å². The van der Waals surface area contributed by atoms with Crippen LogP contribution < -0.4 is 4.72 Å². The molecule has 10 heteroatoms. The van der Waals surface area contributed by atoms with Crippen LogP contribution in [0.3, 0.4) is 0 Å². The Morgan fingerprint density at radius 3 is 2.38 bits per heavy atom. The van der Waals surface area contributed by atoms with Gasteiger partial charge in [0.25, 0.3) is 0 Å². The molecule has 0 aliphatic carbocycles. The number of alkyl halides is 3. The number of carbonyl (C=O) groups is 1.